The molecular weight excluding hydrogens is 392 g/mol. The normalized spacial score (nSPS) is 11.6. The fourth-order valence-corrected chi connectivity index (χ4v) is 4.05. The number of nitrogens with two attached hydrogens (primary N) is 1. The second kappa shape index (κ2) is 7.89. The van der Waals surface area contributed by atoms with E-state index in [2.05, 4.69) is 73.0 Å². The topological polar surface area (TPSA) is 55.1 Å². The number of nitrogen functional groups attached to an aromatic ring is 1. The van der Waals surface area contributed by atoms with Crippen LogP contribution in [0.25, 0.3) is 27.8 Å². The van der Waals surface area contributed by atoms with Gasteiger partial charge in [0.05, 0.1) is 5.69 Å². The lowest BCUT2D eigenvalue weighted by Gasteiger charge is -2.09. The first kappa shape index (κ1) is 19.9. The van der Waals surface area contributed by atoms with Crippen molar-refractivity contribution in [1.82, 2.24) is 4.98 Å². The van der Waals surface area contributed by atoms with Crippen LogP contribution in [0.2, 0.25) is 0 Å². The number of aromatic nitrogens is 2. The molecule has 4 aromatic carbocycles. The number of rotatable bonds is 3. The van der Waals surface area contributed by atoms with E-state index < -0.39 is 0 Å². The largest absolute Gasteiger partial charge is 0.398 e. The van der Waals surface area contributed by atoms with E-state index in [1.165, 1.54) is 5.56 Å². The Labute approximate surface area is 187 Å². The molecule has 0 aliphatic rings. The summed E-state index contributed by atoms with van der Waals surface area (Å²) in [5.41, 5.74) is 17.3. The van der Waals surface area contributed by atoms with Crippen LogP contribution in [-0.4, -0.2) is 11.2 Å². The first-order valence-corrected chi connectivity index (χ1v) is 10.7. The molecule has 32 heavy (non-hydrogen) atoms. The van der Waals surface area contributed by atoms with E-state index in [0.29, 0.717) is 0 Å². The predicted molar refractivity (Wildman–Crippen MR) is 133 cm³/mol. The molecule has 1 heterocycles. The number of hydrogen-bond donors (Lipinski definition) is 1. The SMILES string of the molecule is Cc1cccc(C=Nc2cc3c(cc2C)nc2cc(C)c(N)cc2[n+]3-c2ccccc2)c1. The van der Waals surface area contributed by atoms with Gasteiger partial charge in [-0.15, -0.1) is 4.57 Å². The summed E-state index contributed by atoms with van der Waals surface area (Å²) >= 11 is 0. The molecular formula is C28H25N4+. The van der Waals surface area contributed by atoms with Gasteiger partial charge in [0.25, 0.3) is 0 Å². The minimum absolute atomic E-state index is 0.758. The van der Waals surface area contributed by atoms with Crippen molar-refractivity contribution < 1.29 is 4.57 Å². The molecule has 0 aliphatic carbocycles. The van der Waals surface area contributed by atoms with Crippen molar-refractivity contribution in [1.29, 1.82) is 0 Å². The number of para-hydroxylation sites is 1. The summed E-state index contributed by atoms with van der Waals surface area (Å²) in [6, 6.07) is 27.0. The van der Waals surface area contributed by atoms with E-state index in [1.54, 1.807) is 0 Å². The van der Waals surface area contributed by atoms with E-state index in [-0.39, 0.29) is 0 Å². The standard InChI is InChI=1S/C28H24N4/c1-18-8-7-9-21(12-18)17-30-24-16-28-26(14-20(24)3)31-25-13-19(2)23(29)15-27(25)32(28)22-10-5-4-6-11-22/h4-17,29H,1-3H3/p+1. The van der Waals surface area contributed by atoms with Crippen LogP contribution >= 0.6 is 0 Å². The van der Waals surface area contributed by atoms with Gasteiger partial charge in [0.1, 0.15) is 11.0 Å². The molecule has 4 nitrogen and oxygen atoms in total. The van der Waals surface area contributed by atoms with Gasteiger partial charge in [0.2, 0.25) is 16.7 Å². The maximum absolute atomic E-state index is 6.29. The number of aliphatic imine (C=N–C) groups is 1. The fourth-order valence-electron chi connectivity index (χ4n) is 4.05. The second-order valence-corrected chi connectivity index (χ2v) is 8.28. The zero-order chi connectivity index (χ0) is 22.2. The van der Waals surface area contributed by atoms with Crippen LogP contribution in [0.4, 0.5) is 11.4 Å². The summed E-state index contributed by atoms with van der Waals surface area (Å²) in [6.45, 7) is 6.18. The number of hydrogen-bond acceptors (Lipinski definition) is 3. The molecule has 5 aromatic rings. The molecule has 0 atom stereocenters. The van der Waals surface area contributed by atoms with Crippen molar-refractivity contribution in [3.63, 3.8) is 0 Å². The molecule has 0 radical (unpaired) electrons. The lowest BCUT2D eigenvalue weighted by atomic mass is 10.1. The summed E-state index contributed by atoms with van der Waals surface area (Å²) in [4.78, 5) is 9.79. The second-order valence-electron chi connectivity index (χ2n) is 8.28. The summed E-state index contributed by atoms with van der Waals surface area (Å²) in [5, 5.41) is 0. The highest BCUT2D eigenvalue weighted by Crippen LogP contribution is 2.27. The minimum Gasteiger partial charge on any atom is -0.398 e. The van der Waals surface area contributed by atoms with Gasteiger partial charge in [-0.25, -0.2) is 4.98 Å². The molecule has 0 saturated carbocycles. The molecule has 0 fully saturated rings. The Hall–Kier alpha value is -4.05. The van der Waals surface area contributed by atoms with Crippen LogP contribution in [0.3, 0.4) is 0 Å². The maximum Gasteiger partial charge on any atom is 0.239 e. The van der Waals surface area contributed by atoms with Gasteiger partial charge < -0.3 is 5.73 Å². The van der Waals surface area contributed by atoms with Crippen molar-refractivity contribution in [2.45, 2.75) is 20.8 Å². The molecule has 0 spiro atoms. The summed E-state index contributed by atoms with van der Waals surface area (Å²) in [6.07, 6.45) is 1.92. The summed E-state index contributed by atoms with van der Waals surface area (Å²) in [7, 11) is 0. The smallest absolute Gasteiger partial charge is 0.239 e. The summed E-state index contributed by atoms with van der Waals surface area (Å²) < 4.78 is 2.22. The molecule has 2 N–H and O–H groups in total. The van der Waals surface area contributed by atoms with Crippen LogP contribution in [-0.2, 0) is 0 Å². The van der Waals surface area contributed by atoms with Crippen molar-refractivity contribution in [2.24, 2.45) is 4.99 Å². The molecule has 5 rings (SSSR count). The molecule has 0 saturated heterocycles. The average Bonchev–Trinajstić information content (AvgIpc) is 2.78. The van der Waals surface area contributed by atoms with E-state index in [9.17, 15) is 0 Å². The van der Waals surface area contributed by atoms with Gasteiger partial charge in [-0.05, 0) is 49.6 Å². The lowest BCUT2D eigenvalue weighted by molar-refractivity contribution is -0.538. The van der Waals surface area contributed by atoms with Crippen LogP contribution < -0.4 is 10.3 Å². The van der Waals surface area contributed by atoms with Crippen molar-refractivity contribution in [3.05, 3.63) is 101 Å². The lowest BCUT2D eigenvalue weighted by Crippen LogP contribution is -2.33. The Morgan fingerprint density at radius 3 is 2.25 bits per heavy atom. The quantitative estimate of drug-likeness (QED) is 0.171. The molecule has 156 valence electrons. The Bertz CT molecular complexity index is 1500. The van der Waals surface area contributed by atoms with Crippen LogP contribution in [0.1, 0.15) is 22.3 Å². The van der Waals surface area contributed by atoms with Gasteiger partial charge in [-0.2, -0.15) is 0 Å². The third-order valence-corrected chi connectivity index (χ3v) is 5.79. The number of anilines is 1. The van der Waals surface area contributed by atoms with Crippen molar-refractivity contribution in [3.8, 4) is 5.69 Å². The molecule has 1 aromatic heterocycles. The molecule has 4 heteroatoms. The number of fused-ring (bicyclic) bond motifs is 2. The highest BCUT2D eigenvalue weighted by atomic mass is 15.0. The highest BCUT2D eigenvalue weighted by molar-refractivity contribution is 5.88. The molecule has 0 bridgehead atoms. The van der Waals surface area contributed by atoms with Gasteiger partial charge in [0.15, 0.2) is 0 Å². The summed E-state index contributed by atoms with van der Waals surface area (Å²) in [5.74, 6) is 0. The zero-order valence-electron chi connectivity index (χ0n) is 18.5. The predicted octanol–water partition coefficient (Wildman–Crippen LogP) is 5.92. The Kier molecular flexibility index (Phi) is 4.91. The van der Waals surface area contributed by atoms with Gasteiger partial charge >= 0.3 is 0 Å². The third kappa shape index (κ3) is 3.60. The van der Waals surface area contributed by atoms with Gasteiger partial charge in [-0.1, -0.05) is 48.0 Å². The van der Waals surface area contributed by atoms with E-state index >= 15 is 0 Å². The zero-order valence-corrected chi connectivity index (χ0v) is 18.5. The van der Waals surface area contributed by atoms with E-state index in [0.717, 1.165) is 55.8 Å². The third-order valence-electron chi connectivity index (χ3n) is 5.79. The average molecular weight is 418 g/mol. The van der Waals surface area contributed by atoms with Gasteiger partial charge in [0, 0.05) is 36.2 Å². The number of benzene rings is 4. The first-order valence-electron chi connectivity index (χ1n) is 10.7. The van der Waals surface area contributed by atoms with Crippen LogP contribution in [0, 0.1) is 20.8 Å². The number of nitrogens with zero attached hydrogens (tertiary/aromatic N) is 3. The molecule has 0 aliphatic heterocycles. The monoisotopic (exact) mass is 417 g/mol. The highest BCUT2D eigenvalue weighted by Gasteiger charge is 2.21. The van der Waals surface area contributed by atoms with Crippen molar-refractivity contribution >= 4 is 39.7 Å². The number of aryl methyl sites for hydroxylation is 3. The fraction of sp³-hybridized carbons (Fsp3) is 0.107. The van der Waals surface area contributed by atoms with Crippen LogP contribution in [0.15, 0.2) is 83.9 Å². The Morgan fingerprint density at radius 1 is 0.781 bits per heavy atom. The molecule has 0 amide bonds. The van der Waals surface area contributed by atoms with Crippen LogP contribution in [0.5, 0.6) is 0 Å². The van der Waals surface area contributed by atoms with E-state index in [4.69, 9.17) is 15.7 Å². The maximum atomic E-state index is 6.29. The van der Waals surface area contributed by atoms with Crippen molar-refractivity contribution in [2.75, 3.05) is 5.73 Å². The first-order chi connectivity index (χ1) is 15.5. The van der Waals surface area contributed by atoms with Gasteiger partial charge in [-0.3, -0.25) is 4.99 Å². The van der Waals surface area contributed by atoms with E-state index in [1.807, 2.05) is 37.4 Å². The Balaban J connectivity index is 1.79. The minimum atomic E-state index is 0.758. The Morgan fingerprint density at radius 2 is 1.50 bits per heavy atom. The molecule has 0 unspecified atom stereocenters.